The summed E-state index contributed by atoms with van der Waals surface area (Å²) in [6.07, 6.45) is 11.0. The van der Waals surface area contributed by atoms with Crippen LogP contribution in [-0.4, -0.2) is 49.2 Å². The third kappa shape index (κ3) is 4.14. The van der Waals surface area contributed by atoms with E-state index in [1.165, 1.54) is 32.1 Å². The van der Waals surface area contributed by atoms with Gasteiger partial charge in [-0.15, -0.1) is 0 Å². The molecule has 5 unspecified atom stereocenters. The second kappa shape index (κ2) is 8.83. The van der Waals surface area contributed by atoms with Crippen molar-refractivity contribution >= 4 is 11.9 Å². The molecule has 5 atom stereocenters. The second-order valence-corrected chi connectivity index (χ2v) is 10.00. The average molecular weight is 405 g/mol. The largest absolute Gasteiger partial charge is 0.377 e. The predicted octanol–water partition coefficient (Wildman–Crippen LogP) is 2.97. The Morgan fingerprint density at radius 2 is 1.93 bits per heavy atom. The zero-order chi connectivity index (χ0) is 20.4. The SMILES string of the molecule is CCN=C(NC1CCCC(C(=O)NC(C)C)C1)NC1C2CCOC2C12CCCC2. The summed E-state index contributed by atoms with van der Waals surface area (Å²) < 4.78 is 6.14. The van der Waals surface area contributed by atoms with E-state index in [1.807, 2.05) is 13.8 Å². The highest BCUT2D eigenvalue weighted by Crippen LogP contribution is 2.60. The van der Waals surface area contributed by atoms with E-state index in [0.29, 0.717) is 29.5 Å². The van der Waals surface area contributed by atoms with Crippen molar-refractivity contribution in [1.29, 1.82) is 0 Å². The molecule has 0 aromatic carbocycles. The summed E-state index contributed by atoms with van der Waals surface area (Å²) in [6.45, 7) is 7.84. The van der Waals surface area contributed by atoms with E-state index >= 15 is 0 Å². The molecule has 4 fully saturated rings. The van der Waals surface area contributed by atoms with Crippen LogP contribution in [0.4, 0.5) is 0 Å². The molecule has 3 aliphatic carbocycles. The van der Waals surface area contributed by atoms with Gasteiger partial charge in [-0.1, -0.05) is 19.3 Å². The molecule has 4 aliphatic rings. The Morgan fingerprint density at radius 1 is 1.14 bits per heavy atom. The summed E-state index contributed by atoms with van der Waals surface area (Å²) in [5, 5.41) is 10.6. The first kappa shape index (κ1) is 21.0. The Balaban J connectivity index is 1.38. The van der Waals surface area contributed by atoms with Gasteiger partial charge in [0.2, 0.25) is 5.91 Å². The number of hydrogen-bond donors (Lipinski definition) is 3. The molecule has 4 rings (SSSR count). The number of fused-ring (bicyclic) bond motifs is 2. The van der Waals surface area contributed by atoms with Gasteiger partial charge in [0.1, 0.15) is 0 Å². The molecule has 1 aliphatic heterocycles. The smallest absolute Gasteiger partial charge is 0.223 e. The summed E-state index contributed by atoms with van der Waals surface area (Å²) in [7, 11) is 0. The molecular formula is C23H40N4O2. The van der Waals surface area contributed by atoms with Crippen LogP contribution in [0.2, 0.25) is 0 Å². The average Bonchev–Trinajstić information content (AvgIpc) is 3.35. The minimum atomic E-state index is 0.115. The zero-order valence-electron chi connectivity index (χ0n) is 18.5. The third-order valence-electron chi connectivity index (χ3n) is 7.71. The van der Waals surface area contributed by atoms with E-state index in [1.54, 1.807) is 0 Å². The van der Waals surface area contributed by atoms with E-state index in [4.69, 9.17) is 9.73 Å². The number of amides is 1. The molecule has 29 heavy (non-hydrogen) atoms. The van der Waals surface area contributed by atoms with E-state index in [9.17, 15) is 4.79 Å². The van der Waals surface area contributed by atoms with E-state index in [0.717, 1.165) is 44.8 Å². The molecule has 0 aromatic rings. The number of guanidine groups is 1. The lowest BCUT2D eigenvalue weighted by atomic mass is 9.54. The van der Waals surface area contributed by atoms with Crippen LogP contribution in [-0.2, 0) is 9.53 Å². The highest BCUT2D eigenvalue weighted by Gasteiger charge is 2.65. The van der Waals surface area contributed by atoms with Crippen molar-refractivity contribution in [2.45, 2.75) is 103 Å². The summed E-state index contributed by atoms with van der Waals surface area (Å²) in [4.78, 5) is 17.3. The monoisotopic (exact) mass is 404 g/mol. The van der Waals surface area contributed by atoms with E-state index in [2.05, 4.69) is 22.9 Å². The molecule has 0 radical (unpaired) electrons. The van der Waals surface area contributed by atoms with Gasteiger partial charge < -0.3 is 20.7 Å². The van der Waals surface area contributed by atoms with Gasteiger partial charge >= 0.3 is 0 Å². The van der Waals surface area contributed by atoms with Gasteiger partial charge in [0.25, 0.3) is 0 Å². The summed E-state index contributed by atoms with van der Waals surface area (Å²) in [6, 6.07) is 1.01. The molecule has 1 saturated heterocycles. The minimum Gasteiger partial charge on any atom is -0.377 e. The van der Waals surface area contributed by atoms with Crippen LogP contribution >= 0.6 is 0 Å². The van der Waals surface area contributed by atoms with Crippen molar-refractivity contribution in [3.05, 3.63) is 0 Å². The second-order valence-electron chi connectivity index (χ2n) is 10.00. The minimum absolute atomic E-state index is 0.115. The first-order valence-electron chi connectivity index (χ1n) is 12.0. The van der Waals surface area contributed by atoms with Crippen molar-refractivity contribution in [3.8, 4) is 0 Å². The maximum absolute atomic E-state index is 12.5. The van der Waals surface area contributed by atoms with Gasteiger partial charge in [-0.05, 0) is 59.3 Å². The number of nitrogens with one attached hydrogen (secondary N) is 3. The molecule has 3 N–H and O–H groups in total. The van der Waals surface area contributed by atoms with E-state index in [-0.39, 0.29) is 17.9 Å². The Bertz CT molecular complexity index is 614. The number of rotatable bonds is 5. The number of carbonyl (C=O) groups excluding carboxylic acids is 1. The summed E-state index contributed by atoms with van der Waals surface area (Å²) in [5.41, 5.74) is 0.323. The lowest BCUT2D eigenvalue weighted by Crippen LogP contribution is -2.69. The van der Waals surface area contributed by atoms with Crippen LogP contribution in [0.25, 0.3) is 0 Å². The van der Waals surface area contributed by atoms with Gasteiger partial charge in [-0.25, -0.2) is 0 Å². The normalized spacial score (nSPS) is 36.0. The quantitative estimate of drug-likeness (QED) is 0.486. The number of nitrogens with zero attached hydrogens (tertiary/aromatic N) is 1. The fourth-order valence-electron chi connectivity index (χ4n) is 6.50. The van der Waals surface area contributed by atoms with Crippen LogP contribution in [0.15, 0.2) is 4.99 Å². The van der Waals surface area contributed by atoms with Gasteiger partial charge in [-0.2, -0.15) is 0 Å². The maximum Gasteiger partial charge on any atom is 0.223 e. The Morgan fingerprint density at radius 3 is 2.66 bits per heavy atom. The number of ether oxygens (including phenoxy) is 1. The molecule has 1 spiro atoms. The van der Waals surface area contributed by atoms with Crippen molar-refractivity contribution < 1.29 is 9.53 Å². The van der Waals surface area contributed by atoms with Gasteiger partial charge in [-0.3, -0.25) is 9.79 Å². The topological polar surface area (TPSA) is 74.8 Å². The molecular weight excluding hydrogens is 364 g/mol. The summed E-state index contributed by atoms with van der Waals surface area (Å²) >= 11 is 0. The molecule has 0 bridgehead atoms. The third-order valence-corrected chi connectivity index (χ3v) is 7.71. The van der Waals surface area contributed by atoms with Crippen LogP contribution in [0, 0.1) is 17.3 Å². The maximum atomic E-state index is 12.5. The van der Waals surface area contributed by atoms with Crippen molar-refractivity contribution in [2.75, 3.05) is 13.2 Å². The van der Waals surface area contributed by atoms with Crippen LogP contribution in [0.5, 0.6) is 0 Å². The Hall–Kier alpha value is -1.30. The Labute approximate surface area is 176 Å². The molecule has 1 amide bonds. The van der Waals surface area contributed by atoms with Crippen LogP contribution < -0.4 is 16.0 Å². The molecule has 1 heterocycles. The van der Waals surface area contributed by atoms with E-state index < -0.39 is 0 Å². The van der Waals surface area contributed by atoms with Gasteiger partial charge in [0.15, 0.2) is 5.96 Å². The molecule has 164 valence electrons. The first-order chi connectivity index (χ1) is 14.0. The molecule has 6 nitrogen and oxygen atoms in total. The van der Waals surface area contributed by atoms with Gasteiger partial charge in [0.05, 0.1) is 6.10 Å². The highest BCUT2D eigenvalue weighted by molar-refractivity contribution is 5.81. The number of carbonyl (C=O) groups is 1. The number of aliphatic imine (C=N–C) groups is 1. The van der Waals surface area contributed by atoms with Gasteiger partial charge in [0, 0.05) is 48.5 Å². The number of hydrogen-bond acceptors (Lipinski definition) is 3. The highest BCUT2D eigenvalue weighted by atomic mass is 16.5. The lowest BCUT2D eigenvalue weighted by Gasteiger charge is -2.57. The fourth-order valence-corrected chi connectivity index (χ4v) is 6.50. The standard InChI is InChI=1S/C23H40N4O2/c1-4-24-22(26-17-9-7-8-16(14-17)21(28)25-15(2)3)27-19-18-10-13-29-20(18)23(19)11-5-6-12-23/h15-20H,4-14H2,1-3H3,(H,25,28)(H2,24,26,27). The molecule has 6 heteroatoms. The van der Waals surface area contributed by atoms with Crippen molar-refractivity contribution in [1.82, 2.24) is 16.0 Å². The molecule has 0 aromatic heterocycles. The lowest BCUT2D eigenvalue weighted by molar-refractivity contribution is -0.126. The zero-order valence-corrected chi connectivity index (χ0v) is 18.5. The van der Waals surface area contributed by atoms with Crippen molar-refractivity contribution in [2.24, 2.45) is 22.2 Å². The molecule has 3 saturated carbocycles. The first-order valence-corrected chi connectivity index (χ1v) is 12.0. The Kier molecular flexibility index (Phi) is 6.38. The van der Waals surface area contributed by atoms with Crippen LogP contribution in [0.3, 0.4) is 0 Å². The predicted molar refractivity (Wildman–Crippen MR) is 116 cm³/mol. The fraction of sp³-hybridized carbons (Fsp3) is 0.913. The van der Waals surface area contributed by atoms with Crippen LogP contribution in [0.1, 0.15) is 78.6 Å². The summed E-state index contributed by atoms with van der Waals surface area (Å²) in [5.74, 6) is 1.91. The van der Waals surface area contributed by atoms with Crippen molar-refractivity contribution in [3.63, 3.8) is 0 Å².